The van der Waals surface area contributed by atoms with Gasteiger partial charge in [0.1, 0.15) is 0 Å². The third-order valence-electron chi connectivity index (χ3n) is 4.86. The molecule has 2 heterocycles. The van der Waals surface area contributed by atoms with Crippen LogP contribution in [0.2, 0.25) is 0 Å². The van der Waals surface area contributed by atoms with Crippen LogP contribution in [0.5, 0.6) is 0 Å². The van der Waals surface area contributed by atoms with Gasteiger partial charge in [-0.15, -0.1) is 0 Å². The normalized spacial score (nSPS) is 15.3. The van der Waals surface area contributed by atoms with Crippen LogP contribution < -0.4 is 10.2 Å². The van der Waals surface area contributed by atoms with Gasteiger partial charge in [0.15, 0.2) is 0 Å². The molecule has 0 aromatic heterocycles. The Morgan fingerprint density at radius 2 is 1.79 bits per heavy atom. The summed E-state index contributed by atoms with van der Waals surface area (Å²) in [5.41, 5.74) is 5.27. The highest BCUT2D eigenvalue weighted by Crippen LogP contribution is 2.37. The molecule has 2 aliphatic rings. The number of rotatable bonds is 4. The summed E-state index contributed by atoms with van der Waals surface area (Å²) in [6, 6.07) is 14.1. The van der Waals surface area contributed by atoms with Crippen LogP contribution in [0.15, 0.2) is 42.5 Å². The Labute approximate surface area is 141 Å². The molecule has 2 aromatic rings. The van der Waals surface area contributed by atoms with Gasteiger partial charge in [0.25, 0.3) is 5.91 Å². The van der Waals surface area contributed by atoms with Crippen molar-refractivity contribution in [3.05, 3.63) is 64.7 Å². The Bertz CT molecular complexity index is 799. The molecule has 0 fully saturated rings. The second-order valence-corrected chi connectivity index (χ2v) is 6.43. The van der Waals surface area contributed by atoms with Gasteiger partial charge in [0.2, 0.25) is 5.91 Å². The Kier molecular flexibility index (Phi) is 3.81. The van der Waals surface area contributed by atoms with Crippen molar-refractivity contribution in [1.82, 2.24) is 5.32 Å². The van der Waals surface area contributed by atoms with E-state index in [9.17, 15) is 9.59 Å². The zero-order chi connectivity index (χ0) is 16.5. The number of amides is 2. The molecule has 0 saturated carbocycles. The number of hydrogen-bond acceptors (Lipinski definition) is 2. The Morgan fingerprint density at radius 1 is 1.04 bits per heavy atom. The smallest absolute Gasteiger partial charge is 0.251 e. The van der Waals surface area contributed by atoms with Crippen molar-refractivity contribution in [3.8, 4) is 0 Å². The fraction of sp³-hybridized carbons (Fsp3) is 0.300. The fourth-order valence-corrected chi connectivity index (χ4v) is 3.66. The number of aryl methyl sites for hydroxylation is 1. The number of nitrogens with zero attached hydrogens (tertiary/aromatic N) is 1. The van der Waals surface area contributed by atoms with Gasteiger partial charge in [-0.25, -0.2) is 0 Å². The highest BCUT2D eigenvalue weighted by Gasteiger charge is 2.31. The van der Waals surface area contributed by atoms with E-state index in [4.69, 9.17) is 0 Å². The second kappa shape index (κ2) is 6.11. The average Bonchev–Trinajstić information content (AvgIpc) is 3.04. The molecule has 4 heteroatoms. The third kappa shape index (κ3) is 2.68. The van der Waals surface area contributed by atoms with Gasteiger partial charge < -0.3 is 10.2 Å². The molecule has 122 valence electrons. The SMILES string of the molecule is O=C(NCCc1ccccc1)c1cc2c3c(c1)CCN3C(=O)CC2. The number of carbonyl (C=O) groups is 2. The summed E-state index contributed by atoms with van der Waals surface area (Å²) in [4.78, 5) is 26.3. The first-order chi connectivity index (χ1) is 11.7. The van der Waals surface area contributed by atoms with Crippen LogP contribution in [0.1, 0.15) is 33.5 Å². The molecular weight excluding hydrogens is 300 g/mol. The van der Waals surface area contributed by atoms with Gasteiger partial charge in [-0.1, -0.05) is 30.3 Å². The average molecular weight is 320 g/mol. The minimum atomic E-state index is -0.0275. The molecule has 2 amide bonds. The van der Waals surface area contributed by atoms with Crippen LogP contribution >= 0.6 is 0 Å². The zero-order valence-corrected chi connectivity index (χ0v) is 13.5. The largest absolute Gasteiger partial charge is 0.352 e. The van der Waals surface area contributed by atoms with E-state index >= 15 is 0 Å². The van der Waals surface area contributed by atoms with Gasteiger partial charge in [-0.05, 0) is 48.1 Å². The summed E-state index contributed by atoms with van der Waals surface area (Å²) >= 11 is 0. The molecule has 1 N–H and O–H groups in total. The van der Waals surface area contributed by atoms with Crippen LogP contribution in [-0.2, 0) is 24.1 Å². The number of hydrogen-bond donors (Lipinski definition) is 1. The highest BCUT2D eigenvalue weighted by atomic mass is 16.2. The first-order valence-electron chi connectivity index (χ1n) is 8.50. The van der Waals surface area contributed by atoms with Crippen LogP contribution in [-0.4, -0.2) is 24.9 Å². The van der Waals surface area contributed by atoms with E-state index in [0.717, 1.165) is 42.6 Å². The van der Waals surface area contributed by atoms with E-state index in [1.54, 1.807) is 0 Å². The summed E-state index contributed by atoms with van der Waals surface area (Å²) < 4.78 is 0. The summed E-state index contributed by atoms with van der Waals surface area (Å²) in [5, 5.41) is 3.01. The highest BCUT2D eigenvalue weighted by molar-refractivity contribution is 6.01. The monoisotopic (exact) mass is 320 g/mol. The number of anilines is 1. The lowest BCUT2D eigenvalue weighted by Crippen LogP contribution is -2.33. The first-order valence-corrected chi connectivity index (χ1v) is 8.50. The Balaban J connectivity index is 1.47. The van der Waals surface area contributed by atoms with Gasteiger partial charge in [-0.2, -0.15) is 0 Å². The van der Waals surface area contributed by atoms with Crippen molar-refractivity contribution in [1.29, 1.82) is 0 Å². The Morgan fingerprint density at radius 3 is 2.58 bits per heavy atom. The molecule has 0 saturated heterocycles. The van der Waals surface area contributed by atoms with Crippen LogP contribution in [0.3, 0.4) is 0 Å². The molecule has 0 aliphatic carbocycles. The van der Waals surface area contributed by atoms with Crippen LogP contribution in [0, 0.1) is 0 Å². The zero-order valence-electron chi connectivity index (χ0n) is 13.5. The molecule has 0 atom stereocenters. The van der Waals surface area contributed by atoms with E-state index in [1.165, 1.54) is 5.56 Å². The van der Waals surface area contributed by atoms with E-state index < -0.39 is 0 Å². The molecule has 0 spiro atoms. The molecule has 24 heavy (non-hydrogen) atoms. The molecule has 2 aromatic carbocycles. The van der Waals surface area contributed by atoms with Crippen molar-refractivity contribution in [2.45, 2.75) is 25.7 Å². The maximum Gasteiger partial charge on any atom is 0.251 e. The number of benzene rings is 2. The maximum atomic E-state index is 12.5. The maximum absolute atomic E-state index is 12.5. The van der Waals surface area contributed by atoms with Crippen molar-refractivity contribution in [3.63, 3.8) is 0 Å². The molecule has 0 radical (unpaired) electrons. The fourth-order valence-electron chi connectivity index (χ4n) is 3.66. The minimum absolute atomic E-state index is 0.0275. The van der Waals surface area contributed by atoms with Crippen molar-refractivity contribution in [2.75, 3.05) is 18.0 Å². The predicted octanol–water partition coefficient (Wildman–Crippen LogP) is 2.49. The van der Waals surface area contributed by atoms with Crippen LogP contribution in [0.4, 0.5) is 5.69 Å². The third-order valence-corrected chi connectivity index (χ3v) is 4.86. The van der Waals surface area contributed by atoms with Gasteiger partial charge in [-0.3, -0.25) is 9.59 Å². The molecular formula is C20H20N2O2. The second-order valence-electron chi connectivity index (χ2n) is 6.43. The molecule has 2 aliphatic heterocycles. The van der Waals surface area contributed by atoms with Crippen molar-refractivity contribution in [2.24, 2.45) is 0 Å². The minimum Gasteiger partial charge on any atom is -0.352 e. The quantitative estimate of drug-likeness (QED) is 0.941. The summed E-state index contributed by atoms with van der Waals surface area (Å²) in [5.74, 6) is 0.182. The summed E-state index contributed by atoms with van der Waals surface area (Å²) in [6.45, 7) is 1.38. The Hall–Kier alpha value is -2.62. The topological polar surface area (TPSA) is 49.4 Å². The predicted molar refractivity (Wildman–Crippen MR) is 93.3 cm³/mol. The van der Waals surface area contributed by atoms with E-state index in [-0.39, 0.29) is 11.8 Å². The molecule has 4 nitrogen and oxygen atoms in total. The lowest BCUT2D eigenvalue weighted by atomic mass is 9.96. The summed E-state index contributed by atoms with van der Waals surface area (Å²) in [6.07, 6.45) is 2.96. The van der Waals surface area contributed by atoms with Crippen molar-refractivity contribution >= 4 is 17.5 Å². The van der Waals surface area contributed by atoms with E-state index in [2.05, 4.69) is 17.4 Å². The summed E-state index contributed by atoms with van der Waals surface area (Å²) in [7, 11) is 0. The van der Waals surface area contributed by atoms with Gasteiger partial charge in [0.05, 0.1) is 5.69 Å². The van der Waals surface area contributed by atoms with Gasteiger partial charge in [0, 0.05) is 25.1 Å². The molecule has 4 rings (SSSR count). The lowest BCUT2D eigenvalue weighted by Gasteiger charge is -2.25. The standard InChI is InChI=1S/C20H20N2O2/c23-18-7-6-15-12-17(13-16-9-11-22(18)19(15)16)20(24)21-10-8-14-4-2-1-3-5-14/h1-5,12-13H,6-11H2,(H,21,24). The van der Waals surface area contributed by atoms with Gasteiger partial charge >= 0.3 is 0 Å². The number of nitrogens with one attached hydrogen (secondary N) is 1. The molecule has 0 bridgehead atoms. The first kappa shape index (κ1) is 14.9. The van der Waals surface area contributed by atoms with Crippen molar-refractivity contribution < 1.29 is 9.59 Å². The van der Waals surface area contributed by atoms with E-state index in [0.29, 0.717) is 18.5 Å². The van der Waals surface area contributed by atoms with E-state index in [1.807, 2.05) is 35.2 Å². The number of carbonyl (C=O) groups excluding carboxylic acids is 2. The lowest BCUT2D eigenvalue weighted by molar-refractivity contribution is -0.118. The van der Waals surface area contributed by atoms with Crippen LogP contribution in [0.25, 0.3) is 0 Å². The molecule has 0 unspecified atom stereocenters.